The number of methoxy groups -OCH3 is 2. The van der Waals surface area contributed by atoms with Crippen molar-refractivity contribution in [2.24, 2.45) is 5.41 Å². The molecule has 1 rings (SSSR count). The van der Waals surface area contributed by atoms with Gasteiger partial charge in [-0.15, -0.1) is 0 Å². The zero-order chi connectivity index (χ0) is 18.5. The first-order chi connectivity index (χ1) is 11.0. The first-order valence-corrected chi connectivity index (χ1v) is 8.50. The highest BCUT2D eigenvalue weighted by atomic mass is 16.5. The van der Waals surface area contributed by atoms with Gasteiger partial charge >= 0.3 is 0 Å². The number of rotatable bonds is 7. The van der Waals surface area contributed by atoms with Gasteiger partial charge in [-0.2, -0.15) is 0 Å². The van der Waals surface area contributed by atoms with Crippen LogP contribution in [0.3, 0.4) is 0 Å². The summed E-state index contributed by atoms with van der Waals surface area (Å²) in [5.41, 5.74) is 0.961. The van der Waals surface area contributed by atoms with Gasteiger partial charge in [0.2, 0.25) is 5.91 Å². The lowest BCUT2D eigenvalue weighted by Gasteiger charge is -2.33. The van der Waals surface area contributed by atoms with E-state index in [1.165, 1.54) is 0 Å². The predicted octanol–water partition coefficient (Wildman–Crippen LogP) is 4.53. The quantitative estimate of drug-likeness (QED) is 0.796. The van der Waals surface area contributed by atoms with Crippen LogP contribution in [0.2, 0.25) is 0 Å². The van der Waals surface area contributed by atoms with Crippen LogP contribution in [0, 0.1) is 5.41 Å². The molecule has 24 heavy (non-hydrogen) atoms. The summed E-state index contributed by atoms with van der Waals surface area (Å²) in [6.07, 6.45) is 1.35. The Balaban J connectivity index is 2.77. The fraction of sp³-hybridized carbons (Fsp3) is 0.650. The van der Waals surface area contributed by atoms with Crippen LogP contribution >= 0.6 is 0 Å². The molecule has 4 nitrogen and oxygen atoms in total. The van der Waals surface area contributed by atoms with E-state index in [0.717, 1.165) is 23.5 Å². The summed E-state index contributed by atoms with van der Waals surface area (Å²) in [5, 5.41) is 3.17. The molecule has 0 spiro atoms. The van der Waals surface area contributed by atoms with Crippen molar-refractivity contribution in [2.75, 3.05) is 14.2 Å². The molecule has 1 aromatic rings. The number of nitrogens with one attached hydrogen (secondary N) is 1. The Labute approximate surface area is 146 Å². The Morgan fingerprint density at radius 3 is 2.25 bits per heavy atom. The van der Waals surface area contributed by atoms with Gasteiger partial charge in [-0.3, -0.25) is 4.79 Å². The van der Waals surface area contributed by atoms with E-state index < -0.39 is 0 Å². The van der Waals surface area contributed by atoms with Crippen LogP contribution in [-0.2, 0) is 4.79 Å². The summed E-state index contributed by atoms with van der Waals surface area (Å²) in [5.74, 6) is 1.63. The van der Waals surface area contributed by atoms with E-state index in [1.807, 2.05) is 25.1 Å². The maximum absolute atomic E-state index is 12.5. The van der Waals surface area contributed by atoms with Crippen LogP contribution in [0.25, 0.3) is 0 Å². The number of ether oxygens (including phenoxy) is 2. The molecule has 1 N–H and O–H groups in total. The molecule has 0 aliphatic heterocycles. The van der Waals surface area contributed by atoms with Crippen molar-refractivity contribution in [3.8, 4) is 11.5 Å². The molecule has 0 fully saturated rings. The molecule has 0 saturated heterocycles. The zero-order valence-corrected chi connectivity index (χ0v) is 16.4. The van der Waals surface area contributed by atoms with Gasteiger partial charge in [0, 0.05) is 18.0 Å². The Hall–Kier alpha value is -1.71. The predicted molar refractivity (Wildman–Crippen MR) is 98.9 cm³/mol. The highest BCUT2D eigenvalue weighted by Gasteiger charge is 2.27. The lowest BCUT2D eigenvalue weighted by Crippen LogP contribution is -2.46. The number of hydrogen-bond donors (Lipinski definition) is 1. The standard InChI is InChI=1S/C20H33NO3/c1-14(16-10-9-15(23-7)12-17(16)24-8)11-18(22)21-20(5,6)13-19(2,3)4/h9-10,12,14H,11,13H2,1-8H3,(H,21,22). The van der Waals surface area contributed by atoms with Crippen LogP contribution in [0.15, 0.2) is 18.2 Å². The molecule has 0 aromatic heterocycles. The molecule has 0 aliphatic rings. The van der Waals surface area contributed by atoms with Gasteiger partial charge < -0.3 is 14.8 Å². The van der Waals surface area contributed by atoms with Crippen molar-refractivity contribution >= 4 is 5.91 Å². The maximum atomic E-state index is 12.5. The maximum Gasteiger partial charge on any atom is 0.221 e. The fourth-order valence-electron chi connectivity index (χ4n) is 3.41. The van der Waals surface area contributed by atoms with Gasteiger partial charge in [0.25, 0.3) is 0 Å². The Kier molecular flexibility index (Phi) is 6.70. The lowest BCUT2D eigenvalue weighted by molar-refractivity contribution is -0.123. The average molecular weight is 335 g/mol. The van der Waals surface area contributed by atoms with E-state index >= 15 is 0 Å². The van der Waals surface area contributed by atoms with Crippen molar-refractivity contribution in [3.05, 3.63) is 23.8 Å². The minimum absolute atomic E-state index is 0.0645. The van der Waals surface area contributed by atoms with E-state index in [1.54, 1.807) is 14.2 Å². The van der Waals surface area contributed by atoms with Crippen molar-refractivity contribution in [1.82, 2.24) is 5.32 Å². The van der Waals surface area contributed by atoms with Gasteiger partial charge in [-0.25, -0.2) is 0 Å². The summed E-state index contributed by atoms with van der Waals surface area (Å²) in [4.78, 5) is 12.5. The van der Waals surface area contributed by atoms with Crippen molar-refractivity contribution < 1.29 is 14.3 Å². The molecular formula is C20H33NO3. The molecule has 0 saturated carbocycles. The second-order valence-electron chi connectivity index (χ2n) is 8.38. The molecule has 0 aliphatic carbocycles. The third kappa shape index (κ3) is 6.42. The van der Waals surface area contributed by atoms with Crippen LogP contribution in [0.1, 0.15) is 65.9 Å². The SMILES string of the molecule is COc1ccc(C(C)CC(=O)NC(C)(C)CC(C)(C)C)c(OC)c1. The van der Waals surface area contributed by atoms with Gasteiger partial charge in [0.15, 0.2) is 0 Å². The molecule has 4 heteroatoms. The Morgan fingerprint density at radius 1 is 1.12 bits per heavy atom. The highest BCUT2D eigenvalue weighted by molar-refractivity contribution is 5.77. The number of benzene rings is 1. The molecule has 0 heterocycles. The molecule has 1 amide bonds. The van der Waals surface area contributed by atoms with E-state index in [0.29, 0.717) is 6.42 Å². The number of amides is 1. The normalized spacial score (nSPS) is 13.3. The van der Waals surface area contributed by atoms with Crippen LogP contribution in [-0.4, -0.2) is 25.7 Å². The van der Waals surface area contributed by atoms with E-state index in [9.17, 15) is 4.79 Å². The monoisotopic (exact) mass is 335 g/mol. The minimum Gasteiger partial charge on any atom is -0.497 e. The second kappa shape index (κ2) is 7.91. The largest absolute Gasteiger partial charge is 0.497 e. The first-order valence-electron chi connectivity index (χ1n) is 8.50. The fourth-order valence-corrected chi connectivity index (χ4v) is 3.41. The Bertz CT molecular complexity index is 558. The zero-order valence-electron chi connectivity index (χ0n) is 16.4. The topological polar surface area (TPSA) is 47.6 Å². The molecule has 0 radical (unpaired) electrons. The van der Waals surface area contributed by atoms with Gasteiger partial charge in [-0.1, -0.05) is 33.8 Å². The first kappa shape index (κ1) is 20.3. The average Bonchev–Trinajstić information content (AvgIpc) is 2.42. The molecular weight excluding hydrogens is 302 g/mol. The van der Waals surface area contributed by atoms with Gasteiger partial charge in [-0.05, 0) is 43.2 Å². The van der Waals surface area contributed by atoms with E-state index in [-0.39, 0.29) is 22.8 Å². The third-order valence-corrected chi connectivity index (χ3v) is 3.91. The van der Waals surface area contributed by atoms with Crippen molar-refractivity contribution in [3.63, 3.8) is 0 Å². The molecule has 1 unspecified atom stereocenters. The summed E-state index contributed by atoms with van der Waals surface area (Å²) in [6, 6.07) is 5.72. The summed E-state index contributed by atoms with van der Waals surface area (Å²) in [6.45, 7) is 12.8. The Morgan fingerprint density at radius 2 is 1.75 bits per heavy atom. The smallest absolute Gasteiger partial charge is 0.221 e. The summed E-state index contributed by atoms with van der Waals surface area (Å²) in [7, 11) is 3.26. The third-order valence-electron chi connectivity index (χ3n) is 3.91. The van der Waals surface area contributed by atoms with Crippen LogP contribution in [0.5, 0.6) is 11.5 Å². The molecule has 1 atom stereocenters. The molecule has 1 aromatic carbocycles. The highest BCUT2D eigenvalue weighted by Crippen LogP contribution is 2.32. The number of carbonyl (C=O) groups is 1. The summed E-state index contributed by atoms with van der Waals surface area (Å²) < 4.78 is 10.7. The minimum atomic E-state index is -0.223. The van der Waals surface area contributed by atoms with Crippen LogP contribution < -0.4 is 14.8 Å². The van der Waals surface area contributed by atoms with Gasteiger partial charge in [0.1, 0.15) is 11.5 Å². The number of carbonyl (C=O) groups excluding carboxylic acids is 1. The summed E-state index contributed by atoms with van der Waals surface area (Å²) >= 11 is 0. The van der Waals surface area contributed by atoms with Gasteiger partial charge in [0.05, 0.1) is 14.2 Å². The molecule has 0 bridgehead atoms. The van der Waals surface area contributed by atoms with Crippen molar-refractivity contribution in [2.45, 2.75) is 65.8 Å². The van der Waals surface area contributed by atoms with Crippen LogP contribution in [0.4, 0.5) is 0 Å². The van der Waals surface area contributed by atoms with E-state index in [2.05, 4.69) is 39.9 Å². The molecule has 136 valence electrons. The van der Waals surface area contributed by atoms with E-state index in [4.69, 9.17) is 9.47 Å². The number of hydrogen-bond acceptors (Lipinski definition) is 3. The lowest BCUT2D eigenvalue weighted by atomic mass is 9.81. The second-order valence-corrected chi connectivity index (χ2v) is 8.38. The van der Waals surface area contributed by atoms with Crippen molar-refractivity contribution in [1.29, 1.82) is 0 Å².